The number of carbonyl (C=O) groups excluding carboxylic acids is 2. The highest BCUT2D eigenvalue weighted by atomic mass is 16.3. The van der Waals surface area contributed by atoms with Gasteiger partial charge in [0.2, 0.25) is 5.91 Å². The molecule has 4 aromatic rings. The van der Waals surface area contributed by atoms with Gasteiger partial charge in [0, 0.05) is 55.6 Å². The number of allylic oxidation sites excluding steroid dienone is 1. The van der Waals surface area contributed by atoms with E-state index in [4.69, 9.17) is 0 Å². The molecule has 0 spiro atoms. The number of piperazine rings is 1. The first kappa shape index (κ1) is 36.7. The predicted molar refractivity (Wildman–Crippen MR) is 222 cm³/mol. The van der Waals surface area contributed by atoms with Crippen molar-refractivity contribution in [2.45, 2.75) is 75.3 Å². The van der Waals surface area contributed by atoms with Gasteiger partial charge in [-0.2, -0.15) is 0 Å². The Balaban J connectivity index is 0.734. The van der Waals surface area contributed by atoms with Crippen LogP contribution in [0.3, 0.4) is 0 Å². The van der Waals surface area contributed by atoms with Crippen LogP contribution in [0.1, 0.15) is 100 Å². The number of benzene rings is 4. The zero-order chi connectivity index (χ0) is 38.2. The van der Waals surface area contributed by atoms with Crippen LogP contribution < -0.4 is 10.2 Å². The number of anilines is 1. The monoisotopic (exact) mass is 749 g/mol. The summed E-state index contributed by atoms with van der Waals surface area (Å²) in [5, 5.41) is 13.1. The van der Waals surface area contributed by atoms with Gasteiger partial charge < -0.3 is 25.1 Å². The Bertz CT molecular complexity index is 2070. The Labute approximate surface area is 331 Å². The van der Waals surface area contributed by atoms with Crippen LogP contribution in [0.5, 0.6) is 5.75 Å². The largest absolute Gasteiger partial charge is 0.508 e. The second-order valence-corrected chi connectivity index (χ2v) is 16.8. The molecule has 2 N–H and O–H groups in total. The van der Waals surface area contributed by atoms with Gasteiger partial charge in [-0.1, -0.05) is 67.2 Å². The Kier molecular flexibility index (Phi) is 10.4. The van der Waals surface area contributed by atoms with Gasteiger partial charge in [0.25, 0.3) is 5.91 Å². The van der Waals surface area contributed by atoms with Gasteiger partial charge in [-0.15, -0.1) is 0 Å². The first-order chi connectivity index (χ1) is 27.4. The number of aryl methyl sites for hydroxylation is 1. The maximum absolute atomic E-state index is 13.2. The zero-order valence-corrected chi connectivity index (χ0v) is 32.5. The lowest BCUT2D eigenvalue weighted by molar-refractivity contribution is -0.126. The Morgan fingerprint density at radius 3 is 2.18 bits per heavy atom. The Morgan fingerprint density at radius 1 is 0.696 bits per heavy atom. The summed E-state index contributed by atoms with van der Waals surface area (Å²) in [6.07, 6.45) is 7.04. The number of nitrogens with one attached hydrogen (secondary N) is 1. The highest BCUT2D eigenvalue weighted by Gasteiger charge is 2.38. The van der Waals surface area contributed by atoms with Crippen molar-refractivity contribution in [1.29, 1.82) is 0 Å². The van der Waals surface area contributed by atoms with Crippen LogP contribution in [0.4, 0.5) is 5.69 Å². The molecule has 4 heterocycles. The van der Waals surface area contributed by atoms with E-state index in [1.54, 1.807) is 4.90 Å². The number of rotatable bonds is 9. The molecule has 0 bridgehead atoms. The number of phenolic OH excluding ortho intramolecular Hbond substituents is 1. The minimum absolute atomic E-state index is 0.0374. The highest BCUT2D eigenvalue weighted by Crippen LogP contribution is 2.47. The topological polar surface area (TPSA) is 79.4 Å². The van der Waals surface area contributed by atoms with Gasteiger partial charge in [0.05, 0.1) is 0 Å². The fourth-order valence-electron chi connectivity index (χ4n) is 10.3. The molecule has 2 amide bonds. The molecule has 3 fully saturated rings. The van der Waals surface area contributed by atoms with Crippen molar-refractivity contribution in [2.75, 3.05) is 57.3 Å². The molecule has 3 saturated heterocycles. The summed E-state index contributed by atoms with van der Waals surface area (Å²) >= 11 is 0. The standard InChI is InChI=1S/C48H55N5O3/c1-33-8-19-45(47(55)49-33)53-32-39-30-40(14-17-44(39)48(53)56)52-28-26-51(27-29-52)23-5-22-50-24-20-35(21-25-50)34-9-11-37(12-10-34)46-42(36-6-3-2-4-7-36)16-13-38-31-41(54)15-18-43(38)46/h2-4,6-7,9-12,14-15,17-18,30-31,35,42,45-46,54H,1,5,8,13,16,19-29,32H2,(H,49,55)/t42-,45?,46+/m0/s1. The number of piperidine rings is 2. The van der Waals surface area contributed by atoms with Crippen molar-refractivity contribution >= 4 is 17.5 Å². The van der Waals surface area contributed by atoms with Gasteiger partial charge in [-0.05, 0) is 147 Å². The van der Waals surface area contributed by atoms with E-state index < -0.39 is 6.04 Å². The number of fused-ring (bicyclic) bond motifs is 2. The Morgan fingerprint density at radius 2 is 1.43 bits per heavy atom. The van der Waals surface area contributed by atoms with Crippen molar-refractivity contribution in [3.8, 4) is 5.75 Å². The SMILES string of the molecule is C=C1CCC(N2Cc3cc(N4CCN(CCCN5CCC(c6ccc([C@H]7c8ccc(O)cc8CC[C@H]7c7ccccc7)cc6)CC5)CC4)ccc3C2=O)C(=O)N1. The molecule has 56 heavy (non-hydrogen) atoms. The molecule has 4 aliphatic heterocycles. The summed E-state index contributed by atoms with van der Waals surface area (Å²) in [6.45, 7) is 13.1. The third-order valence-electron chi connectivity index (χ3n) is 13.5. The molecule has 5 aliphatic rings. The summed E-state index contributed by atoms with van der Waals surface area (Å²) in [7, 11) is 0. The number of carbonyl (C=O) groups is 2. The first-order valence-corrected chi connectivity index (χ1v) is 21.0. The van der Waals surface area contributed by atoms with E-state index in [-0.39, 0.29) is 17.7 Å². The van der Waals surface area contributed by atoms with Gasteiger partial charge in [0.15, 0.2) is 0 Å². The summed E-state index contributed by atoms with van der Waals surface area (Å²) < 4.78 is 0. The molecule has 3 atom stereocenters. The van der Waals surface area contributed by atoms with Gasteiger partial charge in [0.1, 0.15) is 11.8 Å². The van der Waals surface area contributed by atoms with Crippen molar-refractivity contribution in [2.24, 2.45) is 0 Å². The normalized spacial score (nSPS) is 23.6. The van der Waals surface area contributed by atoms with E-state index in [1.807, 2.05) is 18.2 Å². The number of aromatic hydroxyl groups is 1. The number of amides is 2. The molecule has 4 aromatic carbocycles. The van der Waals surface area contributed by atoms with E-state index in [2.05, 4.69) is 99.4 Å². The van der Waals surface area contributed by atoms with Crippen molar-refractivity contribution in [3.63, 3.8) is 0 Å². The van der Waals surface area contributed by atoms with Crippen LogP contribution in [0.2, 0.25) is 0 Å². The zero-order valence-electron chi connectivity index (χ0n) is 32.5. The average molecular weight is 750 g/mol. The molecule has 0 radical (unpaired) electrons. The Hall–Kier alpha value is -4.92. The lowest BCUT2D eigenvalue weighted by Crippen LogP contribution is -2.49. The first-order valence-electron chi connectivity index (χ1n) is 21.0. The summed E-state index contributed by atoms with van der Waals surface area (Å²) in [5.74, 6) is 1.54. The maximum Gasteiger partial charge on any atom is 0.255 e. The second-order valence-electron chi connectivity index (χ2n) is 16.8. The molecule has 0 aromatic heterocycles. The van der Waals surface area contributed by atoms with E-state index in [0.29, 0.717) is 37.0 Å². The average Bonchev–Trinajstić information content (AvgIpc) is 3.56. The lowest BCUT2D eigenvalue weighted by Gasteiger charge is -2.37. The fourth-order valence-corrected chi connectivity index (χ4v) is 10.3. The molecule has 1 aliphatic carbocycles. The molecule has 1 unspecified atom stereocenters. The van der Waals surface area contributed by atoms with Crippen molar-refractivity contribution in [3.05, 3.63) is 142 Å². The lowest BCUT2D eigenvalue weighted by atomic mass is 9.69. The number of phenols is 1. The third kappa shape index (κ3) is 7.49. The summed E-state index contributed by atoms with van der Waals surface area (Å²) in [6, 6.07) is 32.3. The number of hydrogen-bond acceptors (Lipinski definition) is 6. The summed E-state index contributed by atoms with van der Waals surface area (Å²) in [5.41, 5.74) is 10.6. The smallest absolute Gasteiger partial charge is 0.255 e. The summed E-state index contributed by atoms with van der Waals surface area (Å²) in [4.78, 5) is 35.3. The van der Waals surface area contributed by atoms with Crippen LogP contribution in [-0.4, -0.2) is 90.0 Å². The molecule has 0 saturated carbocycles. The molecule has 8 heteroatoms. The van der Waals surface area contributed by atoms with Crippen LogP contribution >= 0.6 is 0 Å². The van der Waals surface area contributed by atoms with E-state index in [1.165, 1.54) is 52.8 Å². The molecule has 9 rings (SSSR count). The fraction of sp³-hybridized carbons (Fsp3) is 0.417. The number of hydrogen-bond donors (Lipinski definition) is 2. The maximum atomic E-state index is 13.2. The van der Waals surface area contributed by atoms with Gasteiger partial charge in [-0.3, -0.25) is 14.5 Å². The van der Waals surface area contributed by atoms with E-state index in [0.717, 1.165) is 82.0 Å². The van der Waals surface area contributed by atoms with Crippen LogP contribution in [-0.2, 0) is 17.8 Å². The minimum atomic E-state index is -0.422. The third-order valence-corrected chi connectivity index (χ3v) is 13.5. The number of nitrogens with zero attached hydrogens (tertiary/aromatic N) is 4. The highest BCUT2D eigenvalue weighted by molar-refractivity contribution is 6.01. The van der Waals surface area contributed by atoms with Gasteiger partial charge >= 0.3 is 0 Å². The molecule has 8 nitrogen and oxygen atoms in total. The van der Waals surface area contributed by atoms with E-state index >= 15 is 0 Å². The number of likely N-dealkylation sites (tertiary alicyclic amines) is 1. The van der Waals surface area contributed by atoms with Crippen LogP contribution in [0, 0.1) is 0 Å². The van der Waals surface area contributed by atoms with Gasteiger partial charge in [-0.25, -0.2) is 0 Å². The van der Waals surface area contributed by atoms with Crippen molar-refractivity contribution in [1.82, 2.24) is 20.0 Å². The quantitative estimate of drug-likeness (QED) is 0.186. The molecule has 290 valence electrons. The van der Waals surface area contributed by atoms with Crippen LogP contribution in [0.15, 0.2) is 103 Å². The van der Waals surface area contributed by atoms with Crippen molar-refractivity contribution < 1.29 is 14.7 Å². The van der Waals surface area contributed by atoms with E-state index in [9.17, 15) is 14.7 Å². The second kappa shape index (κ2) is 15.9. The predicted octanol–water partition coefficient (Wildman–Crippen LogP) is 7.39. The van der Waals surface area contributed by atoms with Crippen LogP contribution in [0.25, 0.3) is 0 Å². The minimum Gasteiger partial charge on any atom is -0.508 e. The molecular weight excluding hydrogens is 695 g/mol. The molecular formula is C48H55N5O3.